The number of carbonyl (C=O) groups excluding carboxylic acids is 1. The first-order chi connectivity index (χ1) is 12.3. The number of rotatable bonds is 3. The fourth-order valence-corrected chi connectivity index (χ4v) is 6.66. The van der Waals surface area contributed by atoms with E-state index in [1.807, 2.05) is 0 Å². The van der Waals surface area contributed by atoms with Crippen molar-refractivity contribution in [3.63, 3.8) is 0 Å². The fourth-order valence-electron chi connectivity index (χ4n) is 3.59. The minimum Gasteiger partial charge on any atom is -0.439 e. The normalized spacial score (nSPS) is 24.4. The Labute approximate surface area is 155 Å². The zero-order valence-corrected chi connectivity index (χ0v) is 16.1. The highest BCUT2D eigenvalue weighted by Gasteiger charge is 2.49. The molecule has 1 unspecified atom stereocenters. The van der Waals surface area contributed by atoms with Crippen molar-refractivity contribution < 1.29 is 22.5 Å². The summed E-state index contributed by atoms with van der Waals surface area (Å²) in [7, 11) is -2.03. The summed E-state index contributed by atoms with van der Waals surface area (Å²) in [5, 5.41) is 3.67. The molecule has 2 fully saturated rings. The van der Waals surface area contributed by atoms with Crippen molar-refractivity contribution in [3.05, 3.63) is 23.2 Å². The van der Waals surface area contributed by atoms with Crippen molar-refractivity contribution in [1.29, 1.82) is 0 Å². The van der Waals surface area contributed by atoms with E-state index in [0.717, 1.165) is 4.88 Å². The molecule has 4 rings (SSSR count). The number of sulfonamides is 1. The maximum absolute atomic E-state index is 13.2. The van der Waals surface area contributed by atoms with E-state index in [9.17, 15) is 13.2 Å². The number of ether oxygens (including phenoxy) is 1. The van der Waals surface area contributed by atoms with Crippen molar-refractivity contribution in [2.75, 3.05) is 26.7 Å². The molecule has 1 spiro atoms. The molecular weight excluding hydrogens is 378 g/mol. The SMILES string of the molecule is Cc1sc(-c2ccno2)cc1S(=O)(=O)N1CCCC2(CN(C)C(=O)O2)C1. The first kappa shape index (κ1) is 17.5. The number of aromatic nitrogens is 1. The molecule has 2 saturated heterocycles. The molecule has 0 aliphatic carbocycles. The van der Waals surface area contributed by atoms with Crippen LogP contribution in [0.5, 0.6) is 0 Å². The average Bonchev–Trinajstić information content (AvgIpc) is 3.28. The number of nitrogens with zero attached hydrogens (tertiary/aromatic N) is 3. The molecule has 2 aromatic heterocycles. The monoisotopic (exact) mass is 397 g/mol. The highest BCUT2D eigenvalue weighted by molar-refractivity contribution is 7.89. The van der Waals surface area contributed by atoms with Crippen LogP contribution in [0.1, 0.15) is 17.7 Å². The van der Waals surface area contributed by atoms with Crippen LogP contribution in [0.4, 0.5) is 4.79 Å². The van der Waals surface area contributed by atoms with Crippen molar-refractivity contribution in [2.24, 2.45) is 0 Å². The summed E-state index contributed by atoms with van der Waals surface area (Å²) in [6.07, 6.45) is 2.45. The topological polar surface area (TPSA) is 93.0 Å². The highest BCUT2D eigenvalue weighted by atomic mass is 32.2. The Hall–Kier alpha value is -1.91. The number of aryl methyl sites for hydroxylation is 1. The first-order valence-corrected chi connectivity index (χ1v) is 10.5. The number of piperidine rings is 1. The summed E-state index contributed by atoms with van der Waals surface area (Å²) in [6.45, 7) is 2.78. The van der Waals surface area contributed by atoms with Crippen molar-refractivity contribution in [1.82, 2.24) is 14.4 Å². The minimum atomic E-state index is -3.69. The minimum absolute atomic E-state index is 0.179. The van der Waals surface area contributed by atoms with Gasteiger partial charge in [0.05, 0.1) is 29.1 Å². The second kappa shape index (κ2) is 6.07. The highest BCUT2D eigenvalue weighted by Crippen LogP contribution is 2.38. The number of likely N-dealkylation sites (N-methyl/N-ethyl adjacent to an activating group) is 1. The van der Waals surface area contributed by atoms with Gasteiger partial charge in [0.1, 0.15) is 5.60 Å². The Morgan fingerprint density at radius 3 is 2.81 bits per heavy atom. The second-order valence-corrected chi connectivity index (χ2v) is 9.92. The summed E-state index contributed by atoms with van der Waals surface area (Å²) < 4.78 is 38.5. The van der Waals surface area contributed by atoms with Crippen LogP contribution >= 0.6 is 11.3 Å². The smallest absolute Gasteiger partial charge is 0.410 e. The number of amides is 1. The van der Waals surface area contributed by atoms with Gasteiger partial charge in [0, 0.05) is 24.5 Å². The number of hydrogen-bond acceptors (Lipinski definition) is 7. The molecule has 0 saturated carbocycles. The largest absolute Gasteiger partial charge is 0.439 e. The molecule has 26 heavy (non-hydrogen) atoms. The van der Waals surface area contributed by atoms with E-state index in [-0.39, 0.29) is 11.4 Å². The van der Waals surface area contributed by atoms with Gasteiger partial charge in [0.2, 0.25) is 10.0 Å². The Morgan fingerprint density at radius 2 is 2.15 bits per heavy atom. The molecular formula is C16H19N3O5S2. The van der Waals surface area contributed by atoms with Crippen LogP contribution < -0.4 is 0 Å². The lowest BCUT2D eigenvalue weighted by molar-refractivity contribution is 0.0143. The lowest BCUT2D eigenvalue weighted by Gasteiger charge is -2.37. The summed E-state index contributed by atoms with van der Waals surface area (Å²) in [5.74, 6) is 0.543. The molecule has 1 amide bonds. The van der Waals surface area contributed by atoms with Crippen LogP contribution in [0.2, 0.25) is 0 Å². The molecule has 0 bridgehead atoms. The zero-order chi connectivity index (χ0) is 18.5. The van der Waals surface area contributed by atoms with Gasteiger partial charge in [-0.3, -0.25) is 0 Å². The van der Waals surface area contributed by atoms with Crippen LogP contribution in [0.15, 0.2) is 27.7 Å². The third-order valence-electron chi connectivity index (χ3n) is 4.82. The van der Waals surface area contributed by atoms with Gasteiger partial charge in [-0.2, -0.15) is 4.31 Å². The van der Waals surface area contributed by atoms with Gasteiger partial charge in [-0.15, -0.1) is 11.3 Å². The van der Waals surface area contributed by atoms with Gasteiger partial charge in [-0.1, -0.05) is 5.16 Å². The van der Waals surface area contributed by atoms with E-state index in [2.05, 4.69) is 5.16 Å². The van der Waals surface area contributed by atoms with E-state index in [0.29, 0.717) is 36.6 Å². The first-order valence-electron chi connectivity index (χ1n) is 8.27. The zero-order valence-electron chi connectivity index (χ0n) is 14.5. The van der Waals surface area contributed by atoms with Crippen molar-refractivity contribution in [2.45, 2.75) is 30.3 Å². The predicted octanol–water partition coefficient (Wildman–Crippen LogP) is 2.32. The number of hydrogen-bond donors (Lipinski definition) is 0. The third-order valence-corrected chi connectivity index (χ3v) is 7.98. The fraction of sp³-hybridized carbons (Fsp3) is 0.500. The molecule has 1 atom stereocenters. The molecule has 8 nitrogen and oxygen atoms in total. The quantitative estimate of drug-likeness (QED) is 0.789. The van der Waals surface area contributed by atoms with E-state index >= 15 is 0 Å². The molecule has 0 aromatic carbocycles. The molecule has 0 N–H and O–H groups in total. The predicted molar refractivity (Wildman–Crippen MR) is 94.4 cm³/mol. The van der Waals surface area contributed by atoms with Gasteiger partial charge in [0.25, 0.3) is 0 Å². The van der Waals surface area contributed by atoms with Crippen molar-refractivity contribution >= 4 is 27.5 Å². The average molecular weight is 397 g/mol. The van der Waals surface area contributed by atoms with Crippen molar-refractivity contribution in [3.8, 4) is 10.6 Å². The van der Waals surface area contributed by atoms with Gasteiger partial charge in [0.15, 0.2) is 5.76 Å². The van der Waals surface area contributed by atoms with Crippen LogP contribution in [-0.4, -0.2) is 61.2 Å². The Balaban J connectivity index is 1.64. The maximum atomic E-state index is 13.2. The third kappa shape index (κ3) is 2.81. The molecule has 2 aliphatic heterocycles. The van der Waals surface area contributed by atoms with Crippen LogP contribution in [0, 0.1) is 6.92 Å². The molecule has 4 heterocycles. The Kier molecular flexibility index (Phi) is 4.08. The number of thiophene rings is 1. The van der Waals surface area contributed by atoms with Crippen LogP contribution in [0.3, 0.4) is 0 Å². The molecule has 0 radical (unpaired) electrons. The lowest BCUT2D eigenvalue weighted by atomic mass is 9.94. The van der Waals surface area contributed by atoms with Crippen LogP contribution in [-0.2, 0) is 14.8 Å². The van der Waals surface area contributed by atoms with E-state index in [1.165, 1.54) is 26.7 Å². The van der Waals surface area contributed by atoms with Gasteiger partial charge < -0.3 is 14.2 Å². The molecule has 2 aromatic rings. The van der Waals surface area contributed by atoms with Gasteiger partial charge in [-0.05, 0) is 25.8 Å². The second-order valence-electron chi connectivity index (χ2n) is 6.76. The summed E-state index contributed by atoms with van der Waals surface area (Å²) >= 11 is 1.35. The molecule has 2 aliphatic rings. The van der Waals surface area contributed by atoms with E-state index in [1.54, 1.807) is 26.1 Å². The maximum Gasteiger partial charge on any atom is 0.410 e. The Morgan fingerprint density at radius 1 is 1.35 bits per heavy atom. The standard InChI is InChI=1S/C16H19N3O5S2/c1-11-14(8-13(25-11)12-4-6-17-24-12)26(21,22)19-7-3-5-16(10-19)9-18(2)15(20)23-16/h4,6,8H,3,5,7,9-10H2,1-2H3. The summed E-state index contributed by atoms with van der Waals surface area (Å²) in [5.41, 5.74) is -0.755. The molecule has 140 valence electrons. The number of carbonyl (C=O) groups is 1. The van der Waals surface area contributed by atoms with Crippen LogP contribution in [0.25, 0.3) is 10.6 Å². The van der Waals surface area contributed by atoms with Gasteiger partial charge in [-0.25, -0.2) is 13.2 Å². The molecule has 10 heteroatoms. The lowest BCUT2D eigenvalue weighted by Crippen LogP contribution is -2.52. The van der Waals surface area contributed by atoms with Gasteiger partial charge >= 0.3 is 6.09 Å². The van der Waals surface area contributed by atoms with E-state index in [4.69, 9.17) is 9.26 Å². The van der Waals surface area contributed by atoms with E-state index < -0.39 is 21.7 Å². The summed E-state index contributed by atoms with van der Waals surface area (Å²) in [6, 6.07) is 3.33. The summed E-state index contributed by atoms with van der Waals surface area (Å²) in [4.78, 5) is 15.0. The Bertz CT molecular complexity index is 937.